The van der Waals surface area contributed by atoms with Gasteiger partial charge in [0.05, 0.1) is 18.8 Å². The van der Waals surface area contributed by atoms with Gasteiger partial charge in [0.2, 0.25) is 5.91 Å². The van der Waals surface area contributed by atoms with E-state index in [1.807, 2.05) is 13.8 Å². The van der Waals surface area contributed by atoms with Gasteiger partial charge in [-0.1, -0.05) is 6.07 Å². The molecule has 0 saturated carbocycles. The molecular formula is C14H18N4O3. The fourth-order valence-corrected chi connectivity index (χ4v) is 2.54. The van der Waals surface area contributed by atoms with E-state index < -0.39 is 0 Å². The van der Waals surface area contributed by atoms with Crippen LogP contribution < -0.4 is 5.69 Å². The molecule has 3 heterocycles. The monoisotopic (exact) mass is 290 g/mol. The second-order valence-corrected chi connectivity index (χ2v) is 5.41. The average molecular weight is 290 g/mol. The van der Waals surface area contributed by atoms with Crippen LogP contribution in [0.3, 0.4) is 0 Å². The van der Waals surface area contributed by atoms with Crippen molar-refractivity contribution >= 4 is 11.6 Å². The number of nitrogens with zero attached hydrogens (tertiary/aromatic N) is 4. The minimum absolute atomic E-state index is 0.0152. The van der Waals surface area contributed by atoms with E-state index in [4.69, 9.17) is 4.74 Å². The Morgan fingerprint density at radius 3 is 3.00 bits per heavy atom. The molecule has 2 aromatic heterocycles. The number of morpholine rings is 1. The van der Waals surface area contributed by atoms with Crippen LogP contribution in [0.2, 0.25) is 0 Å². The molecule has 2 aromatic rings. The molecule has 0 N–H and O–H groups in total. The van der Waals surface area contributed by atoms with Crippen LogP contribution in [0.1, 0.15) is 13.8 Å². The second-order valence-electron chi connectivity index (χ2n) is 5.41. The number of amides is 1. The molecular weight excluding hydrogens is 272 g/mol. The summed E-state index contributed by atoms with van der Waals surface area (Å²) in [6.07, 6.45) is 1.66. The van der Waals surface area contributed by atoms with Gasteiger partial charge < -0.3 is 9.64 Å². The number of carbonyl (C=O) groups is 1. The lowest BCUT2D eigenvalue weighted by molar-refractivity contribution is -0.144. The maximum absolute atomic E-state index is 12.4. The lowest BCUT2D eigenvalue weighted by Crippen LogP contribution is -2.51. The van der Waals surface area contributed by atoms with Crippen molar-refractivity contribution in [2.45, 2.75) is 32.5 Å². The number of rotatable bonds is 2. The summed E-state index contributed by atoms with van der Waals surface area (Å²) in [5.41, 5.74) is 0.242. The standard InChI is InChI=1S/C14H18N4O3/c1-10-9-21-11(2)7-17(10)13(19)8-18-14(20)16-6-4-3-5-12(16)15-18/h3-6,10-11H,7-9H2,1-2H3/t10-,11+/m1/s1. The maximum atomic E-state index is 12.4. The molecule has 0 aliphatic carbocycles. The Bertz CT molecular complexity index is 720. The highest BCUT2D eigenvalue weighted by atomic mass is 16.5. The quantitative estimate of drug-likeness (QED) is 0.788. The first-order chi connectivity index (χ1) is 10.1. The Labute approximate surface area is 121 Å². The summed E-state index contributed by atoms with van der Waals surface area (Å²) in [4.78, 5) is 26.3. The highest BCUT2D eigenvalue weighted by molar-refractivity contribution is 5.76. The van der Waals surface area contributed by atoms with E-state index >= 15 is 0 Å². The van der Waals surface area contributed by atoms with Gasteiger partial charge in [0.15, 0.2) is 5.65 Å². The van der Waals surface area contributed by atoms with E-state index in [2.05, 4.69) is 5.10 Å². The molecule has 0 bridgehead atoms. The van der Waals surface area contributed by atoms with Gasteiger partial charge in [-0.05, 0) is 26.0 Å². The highest BCUT2D eigenvalue weighted by Crippen LogP contribution is 2.11. The Morgan fingerprint density at radius 2 is 2.24 bits per heavy atom. The van der Waals surface area contributed by atoms with E-state index in [0.29, 0.717) is 18.8 Å². The molecule has 112 valence electrons. The summed E-state index contributed by atoms with van der Waals surface area (Å²) in [5, 5.41) is 4.18. The van der Waals surface area contributed by atoms with Crippen molar-refractivity contribution in [3.05, 3.63) is 34.9 Å². The first-order valence-corrected chi connectivity index (χ1v) is 7.01. The molecule has 0 radical (unpaired) electrons. The molecule has 21 heavy (non-hydrogen) atoms. The van der Waals surface area contributed by atoms with Crippen LogP contribution in [0, 0.1) is 0 Å². The van der Waals surface area contributed by atoms with Gasteiger partial charge in [-0.2, -0.15) is 0 Å². The number of aromatic nitrogens is 3. The highest BCUT2D eigenvalue weighted by Gasteiger charge is 2.28. The van der Waals surface area contributed by atoms with E-state index in [1.165, 1.54) is 9.08 Å². The second kappa shape index (κ2) is 5.33. The van der Waals surface area contributed by atoms with Gasteiger partial charge in [0.1, 0.15) is 6.54 Å². The molecule has 1 fully saturated rings. The maximum Gasteiger partial charge on any atom is 0.350 e. The van der Waals surface area contributed by atoms with Gasteiger partial charge in [0.25, 0.3) is 0 Å². The fourth-order valence-electron chi connectivity index (χ4n) is 2.54. The van der Waals surface area contributed by atoms with E-state index in [0.717, 1.165) is 0 Å². The SMILES string of the molecule is C[C@@H]1CO[C@@H](C)CN1C(=O)Cn1nc2ccccn2c1=O. The number of hydrogen-bond donors (Lipinski definition) is 0. The van der Waals surface area contributed by atoms with Crippen molar-refractivity contribution in [3.8, 4) is 0 Å². The third-order valence-corrected chi connectivity index (χ3v) is 3.70. The summed E-state index contributed by atoms with van der Waals surface area (Å²) < 4.78 is 8.15. The number of fused-ring (bicyclic) bond motifs is 1. The molecule has 3 rings (SSSR count). The molecule has 2 atom stereocenters. The largest absolute Gasteiger partial charge is 0.375 e. The third kappa shape index (κ3) is 2.56. The van der Waals surface area contributed by atoms with E-state index in [1.54, 1.807) is 29.3 Å². The first kappa shape index (κ1) is 13.8. The van der Waals surface area contributed by atoms with Crippen molar-refractivity contribution in [2.24, 2.45) is 0 Å². The Hall–Kier alpha value is -2.15. The zero-order chi connectivity index (χ0) is 15.0. The van der Waals surface area contributed by atoms with Crippen LogP contribution >= 0.6 is 0 Å². The van der Waals surface area contributed by atoms with Gasteiger partial charge in [-0.15, -0.1) is 5.10 Å². The minimum atomic E-state index is -0.298. The smallest absolute Gasteiger partial charge is 0.350 e. The lowest BCUT2D eigenvalue weighted by atomic mass is 10.2. The summed E-state index contributed by atoms with van der Waals surface area (Å²) >= 11 is 0. The molecule has 1 amide bonds. The van der Waals surface area contributed by atoms with Crippen molar-refractivity contribution in [2.75, 3.05) is 13.2 Å². The van der Waals surface area contributed by atoms with Crippen molar-refractivity contribution in [3.63, 3.8) is 0 Å². The zero-order valence-electron chi connectivity index (χ0n) is 12.1. The number of pyridine rings is 1. The Kier molecular flexibility index (Phi) is 3.50. The van der Waals surface area contributed by atoms with E-state index in [9.17, 15) is 9.59 Å². The van der Waals surface area contributed by atoms with Crippen LogP contribution in [0.4, 0.5) is 0 Å². The summed E-state index contributed by atoms with van der Waals surface area (Å²) in [6, 6.07) is 5.32. The molecule has 1 aliphatic heterocycles. The predicted octanol–water partition coefficient (Wildman–Crippen LogP) is 0.132. The van der Waals surface area contributed by atoms with Crippen LogP contribution in [0.15, 0.2) is 29.2 Å². The zero-order valence-corrected chi connectivity index (χ0v) is 12.1. The summed E-state index contributed by atoms with van der Waals surface area (Å²) in [7, 11) is 0. The number of carbonyl (C=O) groups excluding carboxylic acids is 1. The molecule has 1 aliphatic rings. The van der Waals surface area contributed by atoms with Crippen LogP contribution in [-0.4, -0.2) is 50.3 Å². The number of ether oxygens (including phenoxy) is 1. The predicted molar refractivity (Wildman–Crippen MR) is 76.0 cm³/mol. The molecule has 0 spiro atoms. The Balaban J connectivity index is 1.83. The molecule has 0 unspecified atom stereocenters. The number of hydrogen-bond acceptors (Lipinski definition) is 4. The first-order valence-electron chi connectivity index (χ1n) is 7.01. The Morgan fingerprint density at radius 1 is 1.43 bits per heavy atom. The van der Waals surface area contributed by atoms with Crippen molar-refractivity contribution in [1.29, 1.82) is 0 Å². The van der Waals surface area contributed by atoms with Crippen LogP contribution in [-0.2, 0) is 16.1 Å². The topological polar surface area (TPSA) is 68.8 Å². The average Bonchev–Trinajstić information content (AvgIpc) is 2.78. The summed E-state index contributed by atoms with van der Waals surface area (Å²) in [6.45, 7) is 4.89. The van der Waals surface area contributed by atoms with Crippen LogP contribution in [0.25, 0.3) is 5.65 Å². The van der Waals surface area contributed by atoms with Gasteiger partial charge >= 0.3 is 5.69 Å². The molecule has 1 saturated heterocycles. The molecule has 7 heteroatoms. The van der Waals surface area contributed by atoms with Gasteiger partial charge in [-0.3, -0.25) is 9.20 Å². The lowest BCUT2D eigenvalue weighted by Gasteiger charge is -2.36. The minimum Gasteiger partial charge on any atom is -0.375 e. The summed E-state index contributed by atoms with van der Waals surface area (Å²) in [5.74, 6) is -0.108. The van der Waals surface area contributed by atoms with Crippen molar-refractivity contribution < 1.29 is 9.53 Å². The molecule has 7 nitrogen and oxygen atoms in total. The van der Waals surface area contributed by atoms with Gasteiger partial charge in [0, 0.05) is 12.7 Å². The fraction of sp³-hybridized carbons (Fsp3) is 0.500. The molecule has 0 aromatic carbocycles. The van der Waals surface area contributed by atoms with Crippen molar-refractivity contribution in [1.82, 2.24) is 19.1 Å². The van der Waals surface area contributed by atoms with Crippen LogP contribution in [0.5, 0.6) is 0 Å². The normalized spacial score (nSPS) is 22.7. The van der Waals surface area contributed by atoms with Gasteiger partial charge in [-0.25, -0.2) is 9.48 Å². The van der Waals surface area contributed by atoms with E-state index in [-0.39, 0.29) is 30.3 Å². The third-order valence-electron chi connectivity index (χ3n) is 3.70.